The number of unbranched alkanes of at least 4 members (excludes halogenated alkanes) is 5. The van der Waals surface area contributed by atoms with Crippen molar-refractivity contribution in [3.05, 3.63) is 70.3 Å². The molecule has 0 bridgehead atoms. The number of rotatable bonds is 9. The molecule has 0 aliphatic carbocycles. The summed E-state index contributed by atoms with van der Waals surface area (Å²) in [6.45, 7) is 15.2. The fraction of sp³-hybridized carbons (Fsp3) is 0.515. The van der Waals surface area contributed by atoms with Crippen molar-refractivity contribution in [3.63, 3.8) is 0 Å². The molecule has 0 aliphatic heterocycles. The van der Waals surface area contributed by atoms with Crippen LogP contribution in [0.5, 0.6) is 11.5 Å². The van der Waals surface area contributed by atoms with Crippen molar-refractivity contribution in [2.45, 2.75) is 111 Å². The lowest BCUT2D eigenvalue weighted by atomic mass is 9.77. The third-order valence-corrected chi connectivity index (χ3v) is 7.16. The normalized spacial score (nSPS) is 12.4. The van der Waals surface area contributed by atoms with Gasteiger partial charge in [-0.2, -0.15) is 0 Å². The number of phenols is 2. The van der Waals surface area contributed by atoms with Gasteiger partial charge in [0.2, 0.25) is 0 Å². The molecule has 2 N–H and O–H groups in total. The molecule has 0 aliphatic rings. The topological polar surface area (TPSA) is 40.5 Å². The van der Waals surface area contributed by atoms with Gasteiger partial charge < -0.3 is 10.2 Å². The summed E-state index contributed by atoms with van der Waals surface area (Å²) in [5.74, 6) is 0.863. The Morgan fingerprint density at radius 1 is 0.629 bits per heavy atom. The van der Waals surface area contributed by atoms with E-state index in [4.69, 9.17) is 0 Å². The Bertz CT molecular complexity index is 1110. The average Bonchev–Trinajstić information content (AvgIpc) is 2.78. The zero-order valence-corrected chi connectivity index (χ0v) is 23.1. The van der Waals surface area contributed by atoms with Crippen molar-refractivity contribution in [1.82, 2.24) is 0 Å². The molecule has 190 valence electrons. The van der Waals surface area contributed by atoms with Crippen molar-refractivity contribution in [3.8, 4) is 11.5 Å². The maximum Gasteiger partial charge on any atom is 0.126 e. The molecule has 3 rings (SSSR count). The lowest BCUT2D eigenvalue weighted by Gasteiger charge is -2.28. The van der Waals surface area contributed by atoms with Crippen LogP contribution in [0, 0.1) is 0 Å². The fourth-order valence-electron chi connectivity index (χ4n) is 5.09. The molecule has 2 nitrogen and oxygen atoms in total. The third kappa shape index (κ3) is 6.60. The van der Waals surface area contributed by atoms with Crippen LogP contribution in [0.2, 0.25) is 0 Å². The number of hydrogen-bond acceptors (Lipinski definition) is 2. The molecule has 0 atom stereocenters. The van der Waals surface area contributed by atoms with Crippen LogP contribution in [-0.2, 0) is 23.7 Å². The van der Waals surface area contributed by atoms with Gasteiger partial charge in [0.15, 0.2) is 0 Å². The highest BCUT2D eigenvalue weighted by atomic mass is 16.3. The third-order valence-electron chi connectivity index (χ3n) is 7.16. The van der Waals surface area contributed by atoms with Gasteiger partial charge in [0.05, 0.1) is 0 Å². The number of benzene rings is 3. The van der Waals surface area contributed by atoms with Gasteiger partial charge in [0.1, 0.15) is 11.5 Å². The summed E-state index contributed by atoms with van der Waals surface area (Å²) in [6.07, 6.45) is 9.15. The standard InChI is InChI=1S/C33H46O2/c1-8-9-10-11-12-13-16-24-22-25(26-17-14-15-18-27(26)30(24)34)19-23-20-28(32(2,3)4)31(35)29(21-23)33(5,6)7/h14-15,17-18,20-22,34-35H,8-13,16,19H2,1-7H3. The lowest BCUT2D eigenvalue weighted by Crippen LogP contribution is -2.18. The Balaban J connectivity index is 2.01. The fourth-order valence-corrected chi connectivity index (χ4v) is 5.09. The van der Waals surface area contributed by atoms with E-state index in [9.17, 15) is 10.2 Å². The van der Waals surface area contributed by atoms with Crippen molar-refractivity contribution >= 4 is 10.8 Å². The molecule has 0 saturated heterocycles. The highest BCUT2D eigenvalue weighted by Gasteiger charge is 2.26. The van der Waals surface area contributed by atoms with Gasteiger partial charge in [-0.05, 0) is 63.3 Å². The number of aryl methyl sites for hydroxylation is 1. The zero-order valence-electron chi connectivity index (χ0n) is 23.1. The maximum atomic E-state index is 11.1. The van der Waals surface area contributed by atoms with Crippen LogP contribution in [0.1, 0.15) is 115 Å². The molecule has 0 spiro atoms. The number of fused-ring (bicyclic) bond motifs is 1. The Morgan fingerprint density at radius 3 is 1.74 bits per heavy atom. The van der Waals surface area contributed by atoms with Crippen LogP contribution in [0.4, 0.5) is 0 Å². The predicted molar refractivity (Wildman–Crippen MR) is 151 cm³/mol. The van der Waals surface area contributed by atoms with Gasteiger partial charge in [-0.15, -0.1) is 0 Å². The van der Waals surface area contributed by atoms with E-state index < -0.39 is 0 Å². The van der Waals surface area contributed by atoms with Crippen LogP contribution < -0.4 is 0 Å². The van der Waals surface area contributed by atoms with Crippen molar-refractivity contribution in [2.75, 3.05) is 0 Å². The Morgan fingerprint density at radius 2 is 1.17 bits per heavy atom. The van der Waals surface area contributed by atoms with Gasteiger partial charge in [0, 0.05) is 5.39 Å². The summed E-state index contributed by atoms with van der Waals surface area (Å²) in [6, 6.07) is 14.8. The highest BCUT2D eigenvalue weighted by molar-refractivity contribution is 5.92. The minimum atomic E-state index is -0.153. The van der Waals surface area contributed by atoms with Crippen LogP contribution >= 0.6 is 0 Å². The largest absolute Gasteiger partial charge is 0.507 e. The molecule has 3 aromatic carbocycles. The van der Waals surface area contributed by atoms with E-state index in [1.54, 1.807) is 0 Å². The number of aromatic hydroxyl groups is 2. The molecule has 0 unspecified atom stereocenters. The Hall–Kier alpha value is -2.48. The summed E-state index contributed by atoms with van der Waals surface area (Å²) in [4.78, 5) is 0. The van der Waals surface area contributed by atoms with Crippen molar-refractivity contribution in [1.29, 1.82) is 0 Å². The van der Waals surface area contributed by atoms with E-state index in [0.29, 0.717) is 11.5 Å². The van der Waals surface area contributed by atoms with Crippen LogP contribution in [0.3, 0.4) is 0 Å². The molecule has 35 heavy (non-hydrogen) atoms. The van der Waals surface area contributed by atoms with E-state index in [-0.39, 0.29) is 10.8 Å². The van der Waals surface area contributed by atoms with Crippen LogP contribution in [-0.4, -0.2) is 10.2 Å². The molecular formula is C33H46O2. The van der Waals surface area contributed by atoms with Gasteiger partial charge in [0.25, 0.3) is 0 Å². The molecular weight excluding hydrogens is 428 g/mol. The average molecular weight is 475 g/mol. The van der Waals surface area contributed by atoms with Crippen molar-refractivity contribution < 1.29 is 10.2 Å². The summed E-state index contributed by atoms with van der Waals surface area (Å²) in [7, 11) is 0. The van der Waals surface area contributed by atoms with Gasteiger partial charge in [-0.1, -0.05) is 123 Å². The molecule has 0 fully saturated rings. The molecule has 0 amide bonds. The first-order chi connectivity index (χ1) is 16.4. The SMILES string of the molecule is CCCCCCCCc1cc(Cc2cc(C(C)(C)C)c(O)c(C(C)(C)C)c2)c2ccccc2c1O. The smallest absolute Gasteiger partial charge is 0.126 e. The molecule has 0 aromatic heterocycles. The second-order valence-electron chi connectivity index (χ2n) is 12.3. The minimum Gasteiger partial charge on any atom is -0.507 e. The molecule has 0 heterocycles. The molecule has 0 radical (unpaired) electrons. The highest BCUT2D eigenvalue weighted by Crippen LogP contribution is 2.41. The number of hydrogen-bond donors (Lipinski definition) is 2. The van der Waals surface area contributed by atoms with E-state index in [2.05, 4.69) is 78.8 Å². The van der Waals surface area contributed by atoms with Crippen molar-refractivity contribution in [2.24, 2.45) is 0 Å². The summed E-state index contributed by atoms with van der Waals surface area (Å²) in [5.41, 5.74) is 5.19. The lowest BCUT2D eigenvalue weighted by molar-refractivity contribution is 0.423. The first-order valence-corrected chi connectivity index (χ1v) is 13.5. The van der Waals surface area contributed by atoms with E-state index in [1.165, 1.54) is 43.2 Å². The quantitative estimate of drug-likeness (QED) is 0.303. The number of phenolic OH excluding ortho intramolecular Hbond substituents is 2. The predicted octanol–water partition coefficient (Wildman–Crippen LogP) is 9.34. The summed E-state index contributed by atoms with van der Waals surface area (Å²) in [5, 5.41) is 24.3. The first kappa shape index (κ1) is 27.1. The summed E-state index contributed by atoms with van der Waals surface area (Å²) < 4.78 is 0. The Kier molecular flexibility index (Phi) is 8.57. The Labute approximate surface area is 213 Å². The molecule has 0 saturated carbocycles. The van der Waals surface area contributed by atoms with E-state index in [1.807, 2.05) is 12.1 Å². The second kappa shape index (κ2) is 11.1. The van der Waals surface area contributed by atoms with Crippen LogP contribution in [0.25, 0.3) is 10.8 Å². The van der Waals surface area contributed by atoms with E-state index in [0.717, 1.165) is 46.7 Å². The van der Waals surface area contributed by atoms with E-state index >= 15 is 0 Å². The molecule has 3 aromatic rings. The van der Waals surface area contributed by atoms with Gasteiger partial charge in [-0.3, -0.25) is 0 Å². The first-order valence-electron chi connectivity index (χ1n) is 13.5. The summed E-state index contributed by atoms with van der Waals surface area (Å²) >= 11 is 0. The second-order valence-corrected chi connectivity index (χ2v) is 12.3. The maximum absolute atomic E-state index is 11.1. The monoisotopic (exact) mass is 474 g/mol. The minimum absolute atomic E-state index is 0.153. The van der Waals surface area contributed by atoms with Gasteiger partial charge in [-0.25, -0.2) is 0 Å². The van der Waals surface area contributed by atoms with Gasteiger partial charge >= 0.3 is 0 Å². The molecule has 2 heteroatoms. The van der Waals surface area contributed by atoms with Crippen LogP contribution in [0.15, 0.2) is 42.5 Å². The zero-order chi connectivity index (χ0) is 25.8.